The van der Waals surface area contributed by atoms with Crippen LogP contribution in [0, 0.1) is 0 Å². The van der Waals surface area contributed by atoms with E-state index in [2.05, 4.69) is 4.74 Å². The molecule has 192 valence electrons. The Morgan fingerprint density at radius 2 is 0.719 bits per heavy atom. The molecule has 32 heavy (non-hydrogen) atoms. The lowest BCUT2D eigenvalue weighted by Gasteiger charge is -2.42. The molecule has 0 saturated heterocycles. The van der Waals surface area contributed by atoms with Crippen molar-refractivity contribution in [2.45, 2.75) is 74.0 Å². The molecule has 0 aromatic rings. The summed E-state index contributed by atoms with van der Waals surface area (Å²) in [6, 6.07) is 0. The first-order valence-corrected chi connectivity index (χ1v) is 7.33. The van der Waals surface area contributed by atoms with Gasteiger partial charge in [0.15, 0.2) is 0 Å². The zero-order valence-corrected chi connectivity index (χ0v) is 15.2. The summed E-state index contributed by atoms with van der Waals surface area (Å²) in [5.41, 5.74) is -2.24. The van der Waals surface area contributed by atoms with Gasteiger partial charge < -0.3 is 4.74 Å². The van der Waals surface area contributed by atoms with Crippen LogP contribution in [0.1, 0.15) is 20.8 Å². The maximum Gasteiger partial charge on any atom is 0.460 e. The maximum absolute atomic E-state index is 13.5. The third-order valence-electron chi connectivity index (χ3n) is 3.38. The van der Waals surface area contributed by atoms with Crippen LogP contribution in [0.2, 0.25) is 0 Å². The van der Waals surface area contributed by atoms with Crippen molar-refractivity contribution in [3.05, 3.63) is 0 Å². The van der Waals surface area contributed by atoms with Crippen LogP contribution in [0.3, 0.4) is 0 Å². The number of rotatable bonds is 7. The number of carbonyl (C=O) groups is 1. The highest BCUT2D eigenvalue weighted by atomic mass is 19.4. The van der Waals surface area contributed by atoms with Gasteiger partial charge in [-0.1, -0.05) is 0 Å². The minimum absolute atomic E-state index is 0.625. The molecular formula is C13H9F17O2. The number of hydrogen-bond donors (Lipinski definition) is 0. The zero-order valence-electron chi connectivity index (χ0n) is 15.2. The second-order valence-corrected chi connectivity index (χ2v) is 7.02. The molecule has 0 aliphatic rings. The van der Waals surface area contributed by atoms with Gasteiger partial charge in [0.2, 0.25) is 0 Å². The smallest absolute Gasteiger partial charge is 0.455 e. The van der Waals surface area contributed by atoms with Gasteiger partial charge in [0.05, 0.1) is 0 Å². The third-order valence-corrected chi connectivity index (χ3v) is 3.38. The van der Waals surface area contributed by atoms with E-state index in [-0.39, 0.29) is 0 Å². The van der Waals surface area contributed by atoms with E-state index in [4.69, 9.17) is 0 Å². The van der Waals surface area contributed by atoms with E-state index in [1.54, 1.807) is 0 Å². The minimum atomic E-state index is -8.74. The molecular weight excluding hydrogens is 511 g/mol. The summed E-state index contributed by atoms with van der Waals surface area (Å²) in [7, 11) is 0. The van der Waals surface area contributed by atoms with Gasteiger partial charge in [-0.25, -0.2) is 4.79 Å². The molecule has 0 aliphatic heterocycles. The third kappa shape index (κ3) is 4.03. The summed E-state index contributed by atoms with van der Waals surface area (Å²) in [4.78, 5) is 11.0. The van der Waals surface area contributed by atoms with Gasteiger partial charge in [-0.05, 0) is 20.8 Å². The molecule has 0 saturated carbocycles. The lowest BCUT2D eigenvalue weighted by Crippen LogP contribution is -2.75. The lowest BCUT2D eigenvalue weighted by atomic mass is 9.89. The molecule has 0 N–H and O–H groups in total. The Kier molecular flexibility index (Phi) is 7.00. The van der Waals surface area contributed by atoms with Crippen LogP contribution >= 0.6 is 0 Å². The number of carbonyl (C=O) groups excluding carboxylic acids is 1. The number of alkyl halides is 17. The molecule has 0 spiro atoms. The van der Waals surface area contributed by atoms with Crippen molar-refractivity contribution in [1.29, 1.82) is 0 Å². The molecule has 0 amide bonds. The van der Waals surface area contributed by atoms with Crippen molar-refractivity contribution < 1.29 is 84.2 Å². The first-order chi connectivity index (χ1) is 13.4. The van der Waals surface area contributed by atoms with Gasteiger partial charge in [0, 0.05) is 0 Å². The molecule has 0 rings (SSSR count). The van der Waals surface area contributed by atoms with E-state index in [0.717, 1.165) is 0 Å². The first-order valence-electron chi connectivity index (χ1n) is 7.33. The van der Waals surface area contributed by atoms with Crippen molar-refractivity contribution in [2.24, 2.45) is 0 Å². The average Bonchev–Trinajstić information content (AvgIpc) is 2.50. The number of esters is 1. The summed E-state index contributed by atoms with van der Waals surface area (Å²) in [5.74, 6) is -61.9. The molecule has 0 radical (unpaired) electrons. The monoisotopic (exact) mass is 520 g/mol. The van der Waals surface area contributed by atoms with Crippen LogP contribution in [0.15, 0.2) is 0 Å². The van der Waals surface area contributed by atoms with Crippen molar-refractivity contribution in [3.8, 4) is 0 Å². The summed E-state index contributed by atoms with van der Waals surface area (Å²) in [6.07, 6.45) is -7.83. The highest BCUT2D eigenvalue weighted by molar-refractivity contribution is 5.79. The summed E-state index contributed by atoms with van der Waals surface area (Å²) in [5, 5.41) is 0. The second kappa shape index (κ2) is 7.39. The molecule has 2 nitrogen and oxygen atoms in total. The summed E-state index contributed by atoms with van der Waals surface area (Å²) >= 11 is 0. The Morgan fingerprint density at radius 1 is 0.469 bits per heavy atom. The molecule has 0 unspecified atom stereocenters. The molecule has 0 fully saturated rings. The maximum atomic E-state index is 13.5. The Labute approximate surface area is 165 Å². The molecule has 0 atom stereocenters. The van der Waals surface area contributed by atoms with E-state index < -0.39 is 59.2 Å². The van der Waals surface area contributed by atoms with Crippen LogP contribution in [-0.4, -0.2) is 59.2 Å². The van der Waals surface area contributed by atoms with Crippen LogP contribution in [0.25, 0.3) is 0 Å². The predicted molar refractivity (Wildman–Crippen MR) is 66.5 cm³/mol. The largest absolute Gasteiger partial charge is 0.460 e. The van der Waals surface area contributed by atoms with Crippen LogP contribution < -0.4 is 0 Å². The standard InChI is InChI=1S/C13H9F17O2/c1-5(2,3)32-4(31)6(14,15)7(16,17)8(18,19)9(20,21)10(22,23)11(24,25)12(26,27)13(28,29)30/h1-3H3. The number of ether oxygens (including phenoxy) is 1. The van der Waals surface area contributed by atoms with Gasteiger partial charge in [0.25, 0.3) is 0 Å². The van der Waals surface area contributed by atoms with Crippen molar-refractivity contribution in [3.63, 3.8) is 0 Å². The highest BCUT2D eigenvalue weighted by Crippen LogP contribution is 2.64. The van der Waals surface area contributed by atoms with E-state index in [1.807, 2.05) is 0 Å². The second-order valence-electron chi connectivity index (χ2n) is 7.02. The fourth-order valence-electron chi connectivity index (χ4n) is 1.63. The van der Waals surface area contributed by atoms with Crippen molar-refractivity contribution >= 4 is 5.97 Å². The average molecular weight is 520 g/mol. The fourth-order valence-corrected chi connectivity index (χ4v) is 1.63. The molecule has 19 heteroatoms. The molecule has 0 heterocycles. The van der Waals surface area contributed by atoms with Crippen LogP contribution in [0.4, 0.5) is 74.6 Å². The predicted octanol–water partition coefficient (Wildman–Crippen LogP) is 6.34. The van der Waals surface area contributed by atoms with E-state index in [0.29, 0.717) is 20.8 Å². The molecule has 0 aliphatic carbocycles. The number of halogens is 17. The lowest BCUT2D eigenvalue weighted by molar-refractivity contribution is -0.460. The van der Waals surface area contributed by atoms with E-state index in [1.165, 1.54) is 0 Å². The van der Waals surface area contributed by atoms with E-state index >= 15 is 0 Å². The first kappa shape index (κ1) is 30.3. The van der Waals surface area contributed by atoms with Gasteiger partial charge >= 0.3 is 53.6 Å². The van der Waals surface area contributed by atoms with Gasteiger partial charge in [-0.2, -0.15) is 74.6 Å². The molecule has 0 bridgehead atoms. The Balaban J connectivity index is 6.75. The Morgan fingerprint density at radius 3 is 0.969 bits per heavy atom. The fraction of sp³-hybridized carbons (Fsp3) is 0.923. The van der Waals surface area contributed by atoms with Crippen LogP contribution in [-0.2, 0) is 9.53 Å². The SMILES string of the molecule is CC(C)(C)OC(=O)C(F)(F)C(F)(F)C(F)(F)C(F)(F)C(F)(F)C(F)(F)C(F)(F)C(F)(F)F. The summed E-state index contributed by atoms with van der Waals surface area (Å²) < 4.78 is 224. The Bertz CT molecular complexity index is 713. The topological polar surface area (TPSA) is 26.3 Å². The summed E-state index contributed by atoms with van der Waals surface area (Å²) in [6.45, 7) is 1.87. The number of hydrogen-bond acceptors (Lipinski definition) is 2. The van der Waals surface area contributed by atoms with Crippen LogP contribution in [0.5, 0.6) is 0 Å². The van der Waals surface area contributed by atoms with Crippen molar-refractivity contribution in [1.82, 2.24) is 0 Å². The van der Waals surface area contributed by atoms with Crippen molar-refractivity contribution in [2.75, 3.05) is 0 Å². The zero-order chi connectivity index (χ0) is 26.8. The highest BCUT2D eigenvalue weighted by Gasteiger charge is 2.96. The molecule has 0 aromatic heterocycles. The van der Waals surface area contributed by atoms with Gasteiger partial charge in [-0.15, -0.1) is 0 Å². The molecule has 0 aromatic carbocycles. The van der Waals surface area contributed by atoms with Gasteiger partial charge in [-0.3, -0.25) is 0 Å². The van der Waals surface area contributed by atoms with E-state index in [9.17, 15) is 79.4 Å². The quantitative estimate of drug-likeness (QED) is 0.290. The normalized spacial score (nSPS) is 16.2. The Hall–Kier alpha value is -1.72. The minimum Gasteiger partial charge on any atom is -0.455 e. The van der Waals surface area contributed by atoms with Gasteiger partial charge in [0.1, 0.15) is 5.60 Å².